The van der Waals surface area contributed by atoms with E-state index in [1.807, 2.05) is 73.7 Å². The van der Waals surface area contributed by atoms with Crippen LogP contribution in [0.2, 0.25) is 0 Å². The highest BCUT2D eigenvalue weighted by molar-refractivity contribution is 5.55. The summed E-state index contributed by atoms with van der Waals surface area (Å²) in [6.45, 7) is 8.92. The summed E-state index contributed by atoms with van der Waals surface area (Å²) in [5.74, 6) is 0. The monoisotopic (exact) mass is 501 g/mol. The Labute approximate surface area is 224 Å². The van der Waals surface area contributed by atoms with Crippen LogP contribution in [0.3, 0.4) is 0 Å². The molecule has 0 heterocycles. The molecule has 0 bridgehead atoms. The summed E-state index contributed by atoms with van der Waals surface area (Å²) in [7, 11) is 0. The fourth-order valence-electron chi connectivity index (χ4n) is 3.91. The van der Waals surface area contributed by atoms with Crippen molar-refractivity contribution in [2.24, 2.45) is 20.5 Å². The molecule has 0 fully saturated rings. The van der Waals surface area contributed by atoms with Crippen molar-refractivity contribution in [1.82, 2.24) is 0 Å². The van der Waals surface area contributed by atoms with Gasteiger partial charge in [-0.3, -0.25) is 0 Å². The molecule has 0 saturated carbocycles. The highest BCUT2D eigenvalue weighted by Gasteiger charge is 2.02. The van der Waals surface area contributed by atoms with Crippen molar-refractivity contribution in [2.45, 2.75) is 27.3 Å². The SMILES string of the molecule is CCN(CC)c1ccc(N=Nc2ccc(N=Nc3ccc(CNc4ccc(C#N)cc4)cc3)c(C)c2)cc1. The zero-order valence-corrected chi connectivity index (χ0v) is 22.0. The second-order valence-corrected chi connectivity index (χ2v) is 8.77. The first kappa shape index (κ1) is 26.2. The Balaban J connectivity index is 1.33. The molecule has 0 aromatic heterocycles. The molecule has 4 aromatic rings. The summed E-state index contributed by atoms with van der Waals surface area (Å²) in [5.41, 5.74) is 8.07. The lowest BCUT2D eigenvalue weighted by Gasteiger charge is -2.20. The van der Waals surface area contributed by atoms with Gasteiger partial charge in [0, 0.05) is 31.0 Å². The molecule has 0 aliphatic carbocycles. The summed E-state index contributed by atoms with van der Waals surface area (Å²) < 4.78 is 0. The first-order valence-corrected chi connectivity index (χ1v) is 12.7. The van der Waals surface area contributed by atoms with Gasteiger partial charge in [0.05, 0.1) is 34.4 Å². The molecule has 38 heavy (non-hydrogen) atoms. The largest absolute Gasteiger partial charge is 0.381 e. The van der Waals surface area contributed by atoms with Crippen LogP contribution in [0.25, 0.3) is 0 Å². The third-order valence-electron chi connectivity index (χ3n) is 6.16. The molecular formula is C31H31N7. The van der Waals surface area contributed by atoms with Gasteiger partial charge in [-0.2, -0.15) is 25.7 Å². The maximum absolute atomic E-state index is 8.90. The number of aryl methyl sites for hydroxylation is 1. The minimum Gasteiger partial charge on any atom is -0.381 e. The van der Waals surface area contributed by atoms with Gasteiger partial charge in [0.15, 0.2) is 0 Å². The fourth-order valence-corrected chi connectivity index (χ4v) is 3.91. The third kappa shape index (κ3) is 7.11. The number of nitriles is 1. The predicted octanol–water partition coefficient (Wildman–Crippen LogP) is 9.16. The molecular weight excluding hydrogens is 470 g/mol. The standard InChI is InChI=1S/C31H31N7/c1-4-38(5-2)30-17-14-28(15-18-30)34-36-29-16-19-31(23(3)20-29)37-35-27-12-8-25(9-13-27)22-33-26-10-6-24(21-32)7-11-26/h6-20,33H,4-5,22H2,1-3H3. The molecule has 0 unspecified atom stereocenters. The normalized spacial score (nSPS) is 11.1. The van der Waals surface area contributed by atoms with Crippen LogP contribution in [0.4, 0.5) is 34.1 Å². The zero-order chi connectivity index (χ0) is 26.7. The molecule has 0 aliphatic rings. The van der Waals surface area contributed by atoms with Crippen molar-refractivity contribution < 1.29 is 0 Å². The Morgan fingerprint density at radius 2 is 1.29 bits per heavy atom. The van der Waals surface area contributed by atoms with E-state index in [0.29, 0.717) is 12.1 Å². The van der Waals surface area contributed by atoms with Gasteiger partial charge in [-0.05, 0) is 111 Å². The molecule has 1 N–H and O–H groups in total. The molecule has 0 atom stereocenters. The summed E-state index contributed by atoms with van der Waals surface area (Å²) in [6.07, 6.45) is 0. The van der Waals surface area contributed by atoms with Crippen molar-refractivity contribution in [3.8, 4) is 6.07 Å². The minimum absolute atomic E-state index is 0.649. The number of nitrogens with zero attached hydrogens (tertiary/aromatic N) is 6. The van der Waals surface area contributed by atoms with E-state index in [4.69, 9.17) is 5.26 Å². The molecule has 7 nitrogen and oxygen atoms in total. The average Bonchev–Trinajstić information content (AvgIpc) is 2.96. The summed E-state index contributed by atoms with van der Waals surface area (Å²) in [5, 5.41) is 29.8. The van der Waals surface area contributed by atoms with Crippen molar-refractivity contribution in [1.29, 1.82) is 5.26 Å². The first-order valence-electron chi connectivity index (χ1n) is 12.7. The molecule has 4 rings (SSSR count). The van der Waals surface area contributed by atoms with E-state index in [9.17, 15) is 0 Å². The van der Waals surface area contributed by atoms with Gasteiger partial charge in [-0.15, -0.1) is 0 Å². The number of rotatable bonds is 10. The fraction of sp³-hybridized carbons (Fsp3) is 0.194. The highest BCUT2D eigenvalue weighted by Crippen LogP contribution is 2.28. The van der Waals surface area contributed by atoms with Crippen LogP contribution in [0.5, 0.6) is 0 Å². The van der Waals surface area contributed by atoms with E-state index in [0.717, 1.165) is 52.7 Å². The molecule has 0 radical (unpaired) electrons. The maximum atomic E-state index is 8.90. The molecule has 4 aromatic carbocycles. The van der Waals surface area contributed by atoms with Gasteiger partial charge < -0.3 is 10.2 Å². The quantitative estimate of drug-likeness (QED) is 0.220. The highest BCUT2D eigenvalue weighted by atomic mass is 15.1. The number of hydrogen-bond donors (Lipinski definition) is 1. The summed E-state index contributed by atoms with van der Waals surface area (Å²) in [4.78, 5) is 2.29. The van der Waals surface area contributed by atoms with Crippen LogP contribution in [0.1, 0.15) is 30.5 Å². The Kier molecular flexibility index (Phi) is 8.93. The van der Waals surface area contributed by atoms with Gasteiger partial charge in [0.25, 0.3) is 0 Å². The van der Waals surface area contributed by atoms with Gasteiger partial charge in [-0.1, -0.05) is 12.1 Å². The lowest BCUT2D eigenvalue weighted by Crippen LogP contribution is -2.21. The molecule has 0 aliphatic heterocycles. The van der Waals surface area contributed by atoms with E-state index in [1.54, 1.807) is 12.1 Å². The predicted molar refractivity (Wildman–Crippen MR) is 154 cm³/mol. The van der Waals surface area contributed by atoms with Crippen LogP contribution in [-0.4, -0.2) is 13.1 Å². The number of azo groups is 2. The third-order valence-corrected chi connectivity index (χ3v) is 6.16. The number of benzene rings is 4. The Hall–Kier alpha value is -4.83. The Morgan fingerprint density at radius 1 is 0.711 bits per heavy atom. The molecule has 190 valence electrons. The molecule has 7 heteroatoms. The Bertz CT molecular complexity index is 1430. The van der Waals surface area contributed by atoms with E-state index in [1.165, 1.54) is 5.69 Å². The summed E-state index contributed by atoms with van der Waals surface area (Å²) in [6, 6.07) is 31.4. The van der Waals surface area contributed by atoms with Crippen LogP contribution >= 0.6 is 0 Å². The van der Waals surface area contributed by atoms with E-state index in [-0.39, 0.29) is 0 Å². The number of anilines is 2. The van der Waals surface area contributed by atoms with E-state index >= 15 is 0 Å². The minimum atomic E-state index is 0.649. The number of nitrogens with one attached hydrogen (secondary N) is 1. The second-order valence-electron chi connectivity index (χ2n) is 8.77. The molecule has 0 spiro atoms. The van der Waals surface area contributed by atoms with E-state index < -0.39 is 0 Å². The number of hydrogen-bond acceptors (Lipinski definition) is 7. The lowest BCUT2D eigenvalue weighted by atomic mass is 10.2. The smallest absolute Gasteiger partial charge is 0.0991 e. The van der Waals surface area contributed by atoms with E-state index in [2.05, 4.69) is 62.7 Å². The van der Waals surface area contributed by atoms with Gasteiger partial charge in [0.2, 0.25) is 0 Å². The Morgan fingerprint density at radius 3 is 1.89 bits per heavy atom. The second kappa shape index (κ2) is 12.9. The average molecular weight is 502 g/mol. The first-order chi connectivity index (χ1) is 18.6. The van der Waals surface area contributed by atoms with Crippen LogP contribution in [0, 0.1) is 18.3 Å². The topological polar surface area (TPSA) is 88.5 Å². The van der Waals surface area contributed by atoms with Crippen molar-refractivity contribution in [3.05, 3.63) is 108 Å². The zero-order valence-electron chi connectivity index (χ0n) is 22.0. The van der Waals surface area contributed by atoms with Gasteiger partial charge in [0.1, 0.15) is 0 Å². The van der Waals surface area contributed by atoms with Crippen molar-refractivity contribution >= 4 is 34.1 Å². The summed E-state index contributed by atoms with van der Waals surface area (Å²) >= 11 is 0. The molecule has 0 saturated heterocycles. The van der Waals surface area contributed by atoms with Gasteiger partial charge in [-0.25, -0.2) is 0 Å². The van der Waals surface area contributed by atoms with Crippen LogP contribution in [0.15, 0.2) is 111 Å². The van der Waals surface area contributed by atoms with Crippen LogP contribution in [-0.2, 0) is 6.54 Å². The maximum Gasteiger partial charge on any atom is 0.0991 e. The van der Waals surface area contributed by atoms with Crippen molar-refractivity contribution in [3.63, 3.8) is 0 Å². The van der Waals surface area contributed by atoms with Gasteiger partial charge >= 0.3 is 0 Å². The molecule has 0 amide bonds. The lowest BCUT2D eigenvalue weighted by molar-refractivity contribution is 0.866. The van der Waals surface area contributed by atoms with Crippen molar-refractivity contribution in [2.75, 3.05) is 23.3 Å². The van der Waals surface area contributed by atoms with Crippen LogP contribution < -0.4 is 10.2 Å².